The number of rotatable bonds is 2. The summed E-state index contributed by atoms with van der Waals surface area (Å²) < 4.78 is 0. The quantitative estimate of drug-likeness (QED) is 0.912. The number of fused-ring (bicyclic) bond motifs is 1. The molecule has 0 amide bonds. The number of halogens is 1. The lowest BCUT2D eigenvalue weighted by Crippen LogP contribution is -2.38. The number of aryl methyl sites for hydroxylation is 1. The van der Waals surface area contributed by atoms with Crippen LogP contribution in [0.2, 0.25) is 0 Å². The predicted molar refractivity (Wildman–Crippen MR) is 98.2 cm³/mol. The van der Waals surface area contributed by atoms with E-state index in [4.69, 9.17) is 0 Å². The Morgan fingerprint density at radius 2 is 2.04 bits per heavy atom. The number of pyridine rings is 1. The average molecular weight is 332 g/mol. The molecule has 1 N–H and O–H groups in total. The third-order valence-corrected chi connectivity index (χ3v) is 5.54. The van der Waals surface area contributed by atoms with E-state index in [9.17, 15) is 0 Å². The Hall–Kier alpha value is -1.16. The number of piperidine rings is 1. The molecule has 0 aliphatic carbocycles. The summed E-state index contributed by atoms with van der Waals surface area (Å²) in [6.45, 7) is 8.20. The van der Waals surface area contributed by atoms with E-state index in [1.165, 1.54) is 62.0 Å². The fourth-order valence-corrected chi connectivity index (χ4v) is 4.33. The topological polar surface area (TPSA) is 28.2 Å². The molecular weight excluding hydrogens is 306 g/mol. The van der Waals surface area contributed by atoms with Crippen molar-refractivity contribution in [3.05, 3.63) is 41.6 Å². The largest absolute Gasteiger partial charge is 0.317 e. The van der Waals surface area contributed by atoms with E-state index < -0.39 is 0 Å². The third-order valence-electron chi connectivity index (χ3n) is 5.54. The number of benzene rings is 1. The first kappa shape index (κ1) is 16.7. The van der Waals surface area contributed by atoms with Crippen molar-refractivity contribution in [2.24, 2.45) is 5.41 Å². The summed E-state index contributed by atoms with van der Waals surface area (Å²) >= 11 is 0. The summed E-state index contributed by atoms with van der Waals surface area (Å²) in [4.78, 5) is 7.16. The summed E-state index contributed by atoms with van der Waals surface area (Å²) in [5.74, 6) is 0. The van der Waals surface area contributed by atoms with Crippen molar-refractivity contribution in [2.45, 2.75) is 32.7 Å². The number of aromatic nitrogens is 1. The van der Waals surface area contributed by atoms with Gasteiger partial charge in [-0.2, -0.15) is 0 Å². The highest BCUT2D eigenvalue weighted by molar-refractivity contribution is 5.85. The number of nitrogens with zero attached hydrogens (tertiary/aromatic N) is 2. The molecular formula is C19H26ClN3. The van der Waals surface area contributed by atoms with E-state index in [2.05, 4.69) is 40.3 Å². The van der Waals surface area contributed by atoms with Crippen LogP contribution in [0, 0.1) is 12.3 Å². The van der Waals surface area contributed by atoms with E-state index in [1.807, 2.05) is 12.3 Å². The van der Waals surface area contributed by atoms with Crippen LogP contribution in [0.3, 0.4) is 0 Å². The fourth-order valence-electron chi connectivity index (χ4n) is 4.33. The Morgan fingerprint density at radius 3 is 2.87 bits per heavy atom. The molecule has 1 spiro atoms. The normalized spacial score (nSPS) is 20.7. The van der Waals surface area contributed by atoms with Crippen molar-refractivity contribution in [3.63, 3.8) is 0 Å². The molecule has 0 saturated carbocycles. The zero-order valence-electron chi connectivity index (χ0n) is 13.8. The van der Waals surface area contributed by atoms with Crippen molar-refractivity contribution in [1.29, 1.82) is 0 Å². The Morgan fingerprint density at radius 1 is 1.22 bits per heavy atom. The van der Waals surface area contributed by atoms with E-state index in [-0.39, 0.29) is 12.4 Å². The summed E-state index contributed by atoms with van der Waals surface area (Å²) in [5, 5.41) is 4.77. The van der Waals surface area contributed by atoms with Crippen LogP contribution in [0.4, 0.5) is 0 Å². The van der Waals surface area contributed by atoms with Gasteiger partial charge in [0.1, 0.15) is 0 Å². The van der Waals surface area contributed by atoms with Crippen LogP contribution >= 0.6 is 12.4 Å². The van der Waals surface area contributed by atoms with Gasteiger partial charge in [0, 0.05) is 24.7 Å². The third kappa shape index (κ3) is 3.37. The predicted octanol–water partition coefficient (Wildman–Crippen LogP) is 3.54. The second-order valence-electron chi connectivity index (χ2n) is 7.20. The van der Waals surface area contributed by atoms with Crippen LogP contribution in [-0.2, 0) is 6.54 Å². The number of nitrogens with one attached hydrogen (secondary N) is 1. The van der Waals surface area contributed by atoms with Crippen LogP contribution in [0.5, 0.6) is 0 Å². The molecule has 124 valence electrons. The van der Waals surface area contributed by atoms with E-state index >= 15 is 0 Å². The van der Waals surface area contributed by atoms with Crippen LogP contribution in [0.1, 0.15) is 30.4 Å². The van der Waals surface area contributed by atoms with Crippen molar-refractivity contribution in [3.8, 4) is 0 Å². The zero-order chi connectivity index (χ0) is 15.0. The highest BCUT2D eigenvalue weighted by Crippen LogP contribution is 2.39. The molecule has 3 heterocycles. The second kappa shape index (κ2) is 6.76. The second-order valence-corrected chi connectivity index (χ2v) is 7.20. The van der Waals surface area contributed by atoms with Gasteiger partial charge in [-0.15, -0.1) is 12.4 Å². The Bertz CT molecular complexity index is 679. The monoisotopic (exact) mass is 331 g/mol. The standard InChI is InChI=1S/C19H25N3.ClH/c1-15-11-16(12-17-3-2-7-21-18(15)17)13-22-10-6-19(14-22)4-8-20-9-5-19;/h2-3,7,11-12,20H,4-6,8-10,13-14H2,1H3;1H. The maximum absolute atomic E-state index is 4.50. The Balaban J connectivity index is 0.00000156. The summed E-state index contributed by atoms with van der Waals surface area (Å²) in [6.07, 6.45) is 5.97. The van der Waals surface area contributed by atoms with Gasteiger partial charge in [0.15, 0.2) is 0 Å². The summed E-state index contributed by atoms with van der Waals surface area (Å²) in [6, 6.07) is 8.86. The van der Waals surface area contributed by atoms with Gasteiger partial charge in [0.05, 0.1) is 5.52 Å². The highest BCUT2D eigenvalue weighted by Gasteiger charge is 2.38. The molecule has 4 heteroatoms. The summed E-state index contributed by atoms with van der Waals surface area (Å²) in [5.41, 5.74) is 4.47. The van der Waals surface area contributed by atoms with Gasteiger partial charge in [-0.3, -0.25) is 9.88 Å². The van der Waals surface area contributed by atoms with E-state index in [1.54, 1.807) is 0 Å². The van der Waals surface area contributed by atoms with Crippen LogP contribution < -0.4 is 5.32 Å². The highest BCUT2D eigenvalue weighted by atomic mass is 35.5. The SMILES string of the molecule is Cc1cc(CN2CCC3(CCNCC3)C2)cc2cccnc12.Cl. The molecule has 0 unspecified atom stereocenters. The molecule has 1 aromatic heterocycles. The van der Waals surface area contributed by atoms with Crippen LogP contribution in [0.15, 0.2) is 30.5 Å². The lowest BCUT2D eigenvalue weighted by molar-refractivity contribution is 0.194. The van der Waals surface area contributed by atoms with Crippen molar-refractivity contribution >= 4 is 23.3 Å². The van der Waals surface area contributed by atoms with Gasteiger partial charge < -0.3 is 5.32 Å². The first-order valence-electron chi connectivity index (χ1n) is 8.52. The molecule has 2 aliphatic heterocycles. The minimum atomic E-state index is 0. The molecule has 4 rings (SSSR count). The number of hydrogen-bond acceptors (Lipinski definition) is 3. The average Bonchev–Trinajstić information content (AvgIpc) is 2.90. The fraction of sp³-hybridized carbons (Fsp3) is 0.526. The molecule has 2 aromatic rings. The van der Waals surface area contributed by atoms with Gasteiger partial charge in [-0.1, -0.05) is 12.1 Å². The molecule has 3 nitrogen and oxygen atoms in total. The van der Waals surface area contributed by atoms with Gasteiger partial charge in [0.25, 0.3) is 0 Å². The number of hydrogen-bond donors (Lipinski definition) is 1. The van der Waals surface area contributed by atoms with Crippen molar-refractivity contribution in [2.75, 3.05) is 26.2 Å². The van der Waals surface area contributed by atoms with Crippen molar-refractivity contribution in [1.82, 2.24) is 15.2 Å². The maximum atomic E-state index is 4.50. The minimum absolute atomic E-state index is 0. The first-order chi connectivity index (χ1) is 10.7. The van der Waals surface area contributed by atoms with Crippen LogP contribution in [-0.4, -0.2) is 36.1 Å². The van der Waals surface area contributed by atoms with Gasteiger partial charge >= 0.3 is 0 Å². The Labute approximate surface area is 144 Å². The first-order valence-corrected chi connectivity index (χ1v) is 8.52. The lowest BCUT2D eigenvalue weighted by atomic mass is 9.78. The number of likely N-dealkylation sites (tertiary alicyclic amines) is 1. The molecule has 0 radical (unpaired) electrons. The van der Waals surface area contributed by atoms with Gasteiger partial charge in [0.2, 0.25) is 0 Å². The molecule has 2 aliphatic rings. The maximum Gasteiger partial charge on any atom is 0.0731 e. The van der Waals surface area contributed by atoms with Crippen LogP contribution in [0.25, 0.3) is 10.9 Å². The molecule has 23 heavy (non-hydrogen) atoms. The van der Waals surface area contributed by atoms with Gasteiger partial charge in [-0.05, 0) is 74.5 Å². The molecule has 2 saturated heterocycles. The molecule has 0 atom stereocenters. The van der Waals surface area contributed by atoms with Gasteiger partial charge in [-0.25, -0.2) is 0 Å². The van der Waals surface area contributed by atoms with Crippen molar-refractivity contribution < 1.29 is 0 Å². The molecule has 2 fully saturated rings. The zero-order valence-corrected chi connectivity index (χ0v) is 14.7. The lowest BCUT2D eigenvalue weighted by Gasteiger charge is -2.34. The van der Waals surface area contributed by atoms with E-state index in [0.717, 1.165) is 12.1 Å². The summed E-state index contributed by atoms with van der Waals surface area (Å²) in [7, 11) is 0. The molecule has 0 bridgehead atoms. The smallest absolute Gasteiger partial charge is 0.0731 e. The Kier molecular flexibility index (Phi) is 4.90. The molecule has 1 aromatic carbocycles. The minimum Gasteiger partial charge on any atom is -0.317 e. The van der Waals surface area contributed by atoms with E-state index in [0.29, 0.717) is 5.41 Å².